The maximum Gasteiger partial charge on any atom is 0.376 e. The summed E-state index contributed by atoms with van der Waals surface area (Å²) in [5.41, 5.74) is 2.40. The molecule has 0 aliphatic rings. The molecule has 172 valence electrons. The molecule has 0 radical (unpaired) electrons. The minimum atomic E-state index is -0.594. The first-order chi connectivity index (χ1) is 16.4. The maximum atomic E-state index is 12.3. The van der Waals surface area contributed by atoms with Gasteiger partial charge in [-0.2, -0.15) is 0 Å². The molecule has 10 heteroatoms. The highest BCUT2D eigenvalue weighted by atomic mass is 35.5. The Kier molecular flexibility index (Phi) is 7.10. The molecule has 0 unspecified atom stereocenters. The van der Waals surface area contributed by atoms with Crippen molar-refractivity contribution in [2.24, 2.45) is 0 Å². The zero-order chi connectivity index (χ0) is 24.1. The number of nitrogens with one attached hydrogen (secondary N) is 3. The van der Waals surface area contributed by atoms with Gasteiger partial charge in [0, 0.05) is 22.4 Å². The van der Waals surface area contributed by atoms with Crippen LogP contribution in [0.1, 0.15) is 17.5 Å². The molecule has 0 atom stereocenters. The number of fused-ring (bicyclic) bond motifs is 1. The van der Waals surface area contributed by atoms with Gasteiger partial charge in [-0.3, -0.25) is 0 Å². The molecule has 0 fully saturated rings. The predicted molar refractivity (Wildman–Crippen MR) is 134 cm³/mol. The van der Waals surface area contributed by atoms with Crippen molar-refractivity contribution >= 4 is 69.0 Å². The number of aromatic nitrogens is 2. The van der Waals surface area contributed by atoms with Crippen molar-refractivity contribution < 1.29 is 14.3 Å². The highest BCUT2D eigenvalue weighted by Crippen LogP contribution is 2.26. The van der Waals surface area contributed by atoms with Crippen molar-refractivity contribution in [2.75, 3.05) is 22.6 Å². The summed E-state index contributed by atoms with van der Waals surface area (Å²) in [7, 11) is 0. The van der Waals surface area contributed by atoms with Crippen molar-refractivity contribution in [1.29, 1.82) is 0 Å². The Morgan fingerprint density at radius 2 is 1.53 bits per heavy atom. The first kappa shape index (κ1) is 23.3. The number of benzene rings is 3. The molecule has 0 saturated carbocycles. The van der Waals surface area contributed by atoms with Gasteiger partial charge in [-0.1, -0.05) is 35.3 Å². The van der Waals surface area contributed by atoms with Crippen molar-refractivity contribution in [3.63, 3.8) is 0 Å². The monoisotopic (exact) mass is 495 g/mol. The van der Waals surface area contributed by atoms with E-state index in [0.29, 0.717) is 38.4 Å². The summed E-state index contributed by atoms with van der Waals surface area (Å²) in [5.74, 6) is -0.157. The summed E-state index contributed by atoms with van der Waals surface area (Å²) >= 11 is 11.9. The van der Waals surface area contributed by atoms with Gasteiger partial charge in [0.2, 0.25) is 5.82 Å². The summed E-state index contributed by atoms with van der Waals surface area (Å²) in [6.07, 6.45) is 0. The second kappa shape index (κ2) is 10.4. The van der Waals surface area contributed by atoms with Crippen LogP contribution in [0.2, 0.25) is 10.0 Å². The number of hydrogen-bond acceptors (Lipinski definition) is 6. The van der Waals surface area contributed by atoms with Crippen LogP contribution in [-0.2, 0) is 4.74 Å². The molecule has 0 aliphatic heterocycles. The zero-order valence-electron chi connectivity index (χ0n) is 17.9. The van der Waals surface area contributed by atoms with E-state index in [1.165, 1.54) is 0 Å². The van der Waals surface area contributed by atoms with Gasteiger partial charge in [0.05, 0.1) is 22.2 Å². The van der Waals surface area contributed by atoms with Crippen LogP contribution in [0.4, 0.5) is 27.7 Å². The molecule has 0 bridgehead atoms. The molecule has 2 amide bonds. The van der Waals surface area contributed by atoms with E-state index in [1.807, 2.05) is 18.2 Å². The van der Waals surface area contributed by atoms with Gasteiger partial charge in [-0.25, -0.2) is 19.6 Å². The topological polar surface area (TPSA) is 105 Å². The number of urea groups is 1. The molecule has 34 heavy (non-hydrogen) atoms. The highest BCUT2D eigenvalue weighted by molar-refractivity contribution is 6.42. The first-order valence-electron chi connectivity index (χ1n) is 10.3. The molecule has 4 rings (SSSR count). The SMILES string of the molecule is CCOC(=O)c1nc(Nc2ccc(NC(=O)Nc3ccc(Cl)c(Cl)c3)cc2)c2ccccc2n1. The van der Waals surface area contributed by atoms with E-state index >= 15 is 0 Å². The third kappa shape index (κ3) is 5.54. The third-order valence-corrected chi connectivity index (χ3v) is 5.38. The second-order valence-corrected chi connectivity index (χ2v) is 7.86. The second-order valence-electron chi connectivity index (χ2n) is 7.04. The van der Waals surface area contributed by atoms with Crippen molar-refractivity contribution in [1.82, 2.24) is 9.97 Å². The molecule has 4 aromatic rings. The Balaban J connectivity index is 1.48. The van der Waals surface area contributed by atoms with Gasteiger partial charge in [-0.05, 0) is 61.5 Å². The predicted octanol–water partition coefficient (Wildman–Crippen LogP) is 6.50. The number of anilines is 4. The number of para-hydroxylation sites is 1. The molecular weight excluding hydrogens is 477 g/mol. The minimum Gasteiger partial charge on any atom is -0.460 e. The smallest absolute Gasteiger partial charge is 0.376 e. The van der Waals surface area contributed by atoms with Gasteiger partial charge >= 0.3 is 12.0 Å². The molecule has 0 aliphatic carbocycles. The van der Waals surface area contributed by atoms with Gasteiger partial charge in [0.1, 0.15) is 5.82 Å². The van der Waals surface area contributed by atoms with E-state index in [9.17, 15) is 9.59 Å². The number of halogens is 2. The number of nitrogens with zero attached hydrogens (tertiary/aromatic N) is 2. The quantitative estimate of drug-likeness (QED) is 0.263. The Morgan fingerprint density at radius 3 is 2.26 bits per heavy atom. The number of esters is 1. The number of carbonyl (C=O) groups is 2. The number of amides is 2. The summed E-state index contributed by atoms with van der Waals surface area (Å²) in [6, 6.07) is 18.7. The largest absolute Gasteiger partial charge is 0.460 e. The summed E-state index contributed by atoms with van der Waals surface area (Å²) < 4.78 is 5.04. The van der Waals surface area contributed by atoms with Crippen LogP contribution in [0.25, 0.3) is 10.9 Å². The molecule has 8 nitrogen and oxygen atoms in total. The van der Waals surface area contributed by atoms with E-state index in [1.54, 1.807) is 55.5 Å². The van der Waals surface area contributed by atoms with Crippen LogP contribution >= 0.6 is 23.2 Å². The van der Waals surface area contributed by atoms with E-state index in [0.717, 1.165) is 5.39 Å². The van der Waals surface area contributed by atoms with E-state index in [2.05, 4.69) is 25.9 Å². The van der Waals surface area contributed by atoms with E-state index in [4.69, 9.17) is 27.9 Å². The zero-order valence-corrected chi connectivity index (χ0v) is 19.4. The normalized spacial score (nSPS) is 10.6. The molecule has 0 saturated heterocycles. The molecule has 3 N–H and O–H groups in total. The Morgan fingerprint density at radius 1 is 0.853 bits per heavy atom. The van der Waals surface area contributed by atoms with Gasteiger partial charge in [-0.15, -0.1) is 0 Å². The lowest BCUT2D eigenvalue weighted by Crippen LogP contribution is -2.19. The lowest BCUT2D eigenvalue weighted by molar-refractivity contribution is 0.0512. The molecule has 1 aromatic heterocycles. The van der Waals surface area contributed by atoms with Crippen molar-refractivity contribution in [2.45, 2.75) is 6.92 Å². The number of carbonyl (C=O) groups excluding carboxylic acids is 2. The van der Waals surface area contributed by atoms with Crippen LogP contribution in [0, 0.1) is 0 Å². The average Bonchev–Trinajstić information content (AvgIpc) is 2.83. The molecule has 0 spiro atoms. The summed E-state index contributed by atoms with van der Waals surface area (Å²) in [5, 5.41) is 10.1. The van der Waals surface area contributed by atoms with Crippen molar-refractivity contribution in [3.8, 4) is 0 Å². The summed E-state index contributed by atoms with van der Waals surface area (Å²) in [4.78, 5) is 33.1. The number of hydrogen-bond donors (Lipinski definition) is 3. The fraction of sp³-hybridized carbons (Fsp3) is 0.0833. The van der Waals surface area contributed by atoms with Crippen LogP contribution in [-0.4, -0.2) is 28.6 Å². The van der Waals surface area contributed by atoms with Crippen LogP contribution in [0.15, 0.2) is 66.7 Å². The highest BCUT2D eigenvalue weighted by Gasteiger charge is 2.15. The minimum absolute atomic E-state index is 0.0275. The fourth-order valence-corrected chi connectivity index (χ4v) is 3.40. The first-order valence-corrected chi connectivity index (χ1v) is 11.0. The fourth-order valence-electron chi connectivity index (χ4n) is 3.10. The average molecular weight is 496 g/mol. The third-order valence-electron chi connectivity index (χ3n) is 4.64. The number of rotatable bonds is 6. The van der Waals surface area contributed by atoms with Gasteiger partial charge in [0.15, 0.2) is 0 Å². The van der Waals surface area contributed by atoms with Crippen LogP contribution in [0.5, 0.6) is 0 Å². The van der Waals surface area contributed by atoms with Crippen molar-refractivity contribution in [3.05, 3.63) is 82.6 Å². The standard InChI is InChI=1S/C24H19Cl2N5O3/c1-2-34-23(32)22-30-20-6-4-3-5-17(20)21(31-22)27-14-7-9-15(10-8-14)28-24(33)29-16-11-12-18(25)19(26)13-16/h3-13H,2H2,1H3,(H,27,30,31)(H2,28,29,33). The van der Waals surface area contributed by atoms with Gasteiger partial charge in [0.25, 0.3) is 0 Å². The van der Waals surface area contributed by atoms with E-state index in [-0.39, 0.29) is 12.4 Å². The molecule has 3 aromatic carbocycles. The van der Waals surface area contributed by atoms with Crippen LogP contribution < -0.4 is 16.0 Å². The Bertz CT molecular complexity index is 1360. The lowest BCUT2D eigenvalue weighted by atomic mass is 10.2. The molecular formula is C24H19Cl2N5O3. The Hall–Kier alpha value is -3.88. The lowest BCUT2D eigenvalue weighted by Gasteiger charge is -2.12. The van der Waals surface area contributed by atoms with Gasteiger partial charge < -0.3 is 20.7 Å². The van der Waals surface area contributed by atoms with E-state index < -0.39 is 12.0 Å². The number of ether oxygens (including phenoxy) is 1. The van der Waals surface area contributed by atoms with Crippen LogP contribution in [0.3, 0.4) is 0 Å². The summed E-state index contributed by atoms with van der Waals surface area (Å²) in [6.45, 7) is 1.95. The molecule has 1 heterocycles. The maximum absolute atomic E-state index is 12.3. The Labute approximate surface area is 205 Å².